The van der Waals surface area contributed by atoms with Gasteiger partial charge in [0.05, 0.1) is 18.3 Å². The molecule has 0 N–H and O–H groups in total. The first kappa shape index (κ1) is 16.4. The molecule has 3 nitrogen and oxygen atoms in total. The molecule has 0 unspecified atom stereocenters. The van der Waals surface area contributed by atoms with E-state index < -0.39 is 0 Å². The number of benzene rings is 1. The van der Waals surface area contributed by atoms with E-state index in [9.17, 15) is 0 Å². The zero-order valence-corrected chi connectivity index (χ0v) is 14.3. The highest BCUT2D eigenvalue weighted by molar-refractivity contribution is 6.62. The molecule has 0 amide bonds. The molecule has 4 heteroatoms. The highest BCUT2D eigenvalue weighted by atomic mass is 16.7. The van der Waals surface area contributed by atoms with E-state index in [1.165, 1.54) is 5.56 Å². The summed E-state index contributed by atoms with van der Waals surface area (Å²) in [5.74, 6) is 1.51. The number of methoxy groups -OCH3 is 1. The summed E-state index contributed by atoms with van der Waals surface area (Å²) >= 11 is 0. The van der Waals surface area contributed by atoms with Crippen LogP contribution in [0.2, 0.25) is 0 Å². The van der Waals surface area contributed by atoms with Crippen LogP contribution in [0.3, 0.4) is 0 Å². The Kier molecular flexibility index (Phi) is 4.41. The lowest BCUT2D eigenvalue weighted by molar-refractivity contribution is 0.00578. The Morgan fingerprint density at radius 1 is 1.10 bits per heavy atom. The van der Waals surface area contributed by atoms with E-state index in [-0.39, 0.29) is 18.3 Å². The van der Waals surface area contributed by atoms with Gasteiger partial charge in [-0.05, 0) is 57.1 Å². The maximum absolute atomic E-state index is 6.12. The topological polar surface area (TPSA) is 27.7 Å². The maximum atomic E-state index is 6.12. The van der Waals surface area contributed by atoms with Gasteiger partial charge in [-0.1, -0.05) is 26.0 Å². The normalized spacial score (nSPS) is 20.1. The zero-order chi connectivity index (χ0) is 15.8. The highest BCUT2D eigenvalue weighted by Gasteiger charge is 2.51. The van der Waals surface area contributed by atoms with Crippen molar-refractivity contribution in [1.29, 1.82) is 0 Å². The first-order valence-corrected chi connectivity index (χ1v) is 7.69. The van der Waals surface area contributed by atoms with Crippen LogP contribution < -0.4 is 10.2 Å². The van der Waals surface area contributed by atoms with Gasteiger partial charge in [-0.3, -0.25) is 0 Å². The fraction of sp³-hybridized carbons (Fsp3) is 0.647. The van der Waals surface area contributed by atoms with Crippen molar-refractivity contribution in [3.63, 3.8) is 0 Å². The van der Waals surface area contributed by atoms with Gasteiger partial charge >= 0.3 is 7.12 Å². The Bertz CT molecular complexity index is 493. The first-order valence-electron chi connectivity index (χ1n) is 7.69. The molecule has 21 heavy (non-hydrogen) atoms. The molecule has 2 rings (SSSR count). The van der Waals surface area contributed by atoms with Crippen LogP contribution in [-0.2, 0) is 15.7 Å². The molecule has 0 radical (unpaired) electrons. The maximum Gasteiger partial charge on any atom is 0.494 e. The van der Waals surface area contributed by atoms with Gasteiger partial charge in [0.25, 0.3) is 0 Å². The fourth-order valence-electron chi connectivity index (χ4n) is 2.52. The molecule has 1 aliphatic heterocycles. The van der Waals surface area contributed by atoms with Gasteiger partial charge in [-0.15, -0.1) is 0 Å². The van der Waals surface area contributed by atoms with Crippen LogP contribution >= 0.6 is 0 Å². The van der Waals surface area contributed by atoms with Crippen molar-refractivity contribution in [2.45, 2.75) is 59.2 Å². The molecule has 0 atom stereocenters. The largest absolute Gasteiger partial charge is 0.496 e. The summed E-state index contributed by atoms with van der Waals surface area (Å²) < 4.78 is 17.7. The molecule has 1 aliphatic rings. The van der Waals surface area contributed by atoms with Crippen molar-refractivity contribution in [2.75, 3.05) is 7.11 Å². The summed E-state index contributed by atoms with van der Waals surface area (Å²) in [5.41, 5.74) is 1.65. The Morgan fingerprint density at radius 2 is 1.67 bits per heavy atom. The smallest absolute Gasteiger partial charge is 0.494 e. The van der Waals surface area contributed by atoms with E-state index in [1.807, 2.05) is 12.1 Å². The molecule has 0 saturated carbocycles. The van der Waals surface area contributed by atoms with E-state index in [1.54, 1.807) is 7.11 Å². The summed E-state index contributed by atoms with van der Waals surface area (Å²) in [4.78, 5) is 0. The molecule has 1 aromatic rings. The third-order valence-corrected chi connectivity index (χ3v) is 4.46. The van der Waals surface area contributed by atoms with Crippen LogP contribution in [0.15, 0.2) is 18.2 Å². The van der Waals surface area contributed by atoms with Gasteiger partial charge in [0.1, 0.15) is 5.75 Å². The van der Waals surface area contributed by atoms with Crippen molar-refractivity contribution < 1.29 is 14.0 Å². The van der Waals surface area contributed by atoms with Crippen LogP contribution in [-0.4, -0.2) is 25.4 Å². The molecule has 0 aromatic heterocycles. The second kappa shape index (κ2) is 5.66. The molecule has 1 heterocycles. The fourth-order valence-corrected chi connectivity index (χ4v) is 2.52. The second-order valence-corrected chi connectivity index (χ2v) is 7.26. The molecule has 116 valence electrons. The predicted molar refractivity (Wildman–Crippen MR) is 87.3 cm³/mol. The van der Waals surface area contributed by atoms with Crippen LogP contribution in [0.4, 0.5) is 0 Å². The Morgan fingerprint density at radius 3 is 2.14 bits per heavy atom. The quantitative estimate of drug-likeness (QED) is 0.797. The lowest BCUT2D eigenvalue weighted by atomic mass is 9.77. The SMILES string of the molecule is COc1ccc(B2OC(C)(C)C(C)(C)O2)cc1CC(C)C. The van der Waals surface area contributed by atoms with Gasteiger partial charge in [0.15, 0.2) is 0 Å². The molecule has 1 aromatic carbocycles. The minimum atomic E-state index is -0.313. The van der Waals surface area contributed by atoms with E-state index in [2.05, 4.69) is 47.6 Å². The molecule has 0 spiro atoms. The molecule has 0 aliphatic carbocycles. The van der Waals surface area contributed by atoms with Gasteiger partial charge in [0, 0.05) is 0 Å². The minimum Gasteiger partial charge on any atom is -0.496 e. The van der Waals surface area contributed by atoms with Crippen molar-refractivity contribution in [1.82, 2.24) is 0 Å². The average molecular weight is 290 g/mol. The second-order valence-electron chi connectivity index (χ2n) is 7.26. The van der Waals surface area contributed by atoms with Crippen LogP contribution in [0.25, 0.3) is 0 Å². The summed E-state index contributed by atoms with van der Waals surface area (Å²) in [5, 5.41) is 0. The number of hydrogen-bond acceptors (Lipinski definition) is 3. The summed E-state index contributed by atoms with van der Waals surface area (Å²) in [6, 6.07) is 6.20. The third kappa shape index (κ3) is 3.27. The van der Waals surface area contributed by atoms with Gasteiger partial charge in [0.2, 0.25) is 0 Å². The molecular formula is C17H27BO3. The zero-order valence-electron chi connectivity index (χ0n) is 14.3. The Balaban J connectivity index is 2.30. The van der Waals surface area contributed by atoms with Crippen molar-refractivity contribution in [3.8, 4) is 5.75 Å². The number of rotatable bonds is 4. The lowest BCUT2D eigenvalue weighted by Crippen LogP contribution is -2.41. The van der Waals surface area contributed by atoms with Crippen molar-refractivity contribution in [3.05, 3.63) is 23.8 Å². The van der Waals surface area contributed by atoms with Crippen LogP contribution in [0, 0.1) is 5.92 Å². The van der Waals surface area contributed by atoms with Crippen molar-refractivity contribution >= 4 is 12.6 Å². The highest BCUT2D eigenvalue weighted by Crippen LogP contribution is 2.36. The third-order valence-electron chi connectivity index (χ3n) is 4.46. The van der Waals surface area contributed by atoms with E-state index in [0.29, 0.717) is 5.92 Å². The van der Waals surface area contributed by atoms with E-state index in [4.69, 9.17) is 14.0 Å². The van der Waals surface area contributed by atoms with E-state index >= 15 is 0 Å². The molecule has 1 saturated heterocycles. The predicted octanol–water partition coefficient (Wildman–Crippen LogP) is 3.19. The van der Waals surface area contributed by atoms with Gasteiger partial charge in [-0.25, -0.2) is 0 Å². The monoisotopic (exact) mass is 290 g/mol. The van der Waals surface area contributed by atoms with Crippen LogP contribution in [0.5, 0.6) is 5.75 Å². The van der Waals surface area contributed by atoms with Crippen molar-refractivity contribution in [2.24, 2.45) is 5.92 Å². The number of ether oxygens (including phenoxy) is 1. The van der Waals surface area contributed by atoms with E-state index in [0.717, 1.165) is 17.6 Å². The Labute approximate surface area is 129 Å². The average Bonchev–Trinajstić information content (AvgIpc) is 2.57. The molecule has 0 bridgehead atoms. The summed E-state index contributed by atoms with van der Waals surface area (Å²) in [7, 11) is 1.40. The lowest BCUT2D eigenvalue weighted by Gasteiger charge is -2.32. The van der Waals surface area contributed by atoms with Gasteiger partial charge in [-0.2, -0.15) is 0 Å². The Hall–Kier alpha value is -0.995. The molecular weight excluding hydrogens is 263 g/mol. The first-order chi connectivity index (χ1) is 9.66. The summed E-state index contributed by atoms with van der Waals surface area (Å²) in [6.45, 7) is 12.7. The summed E-state index contributed by atoms with van der Waals surface area (Å²) in [6.07, 6.45) is 0.983. The number of hydrogen-bond donors (Lipinski definition) is 0. The molecule has 1 fully saturated rings. The minimum absolute atomic E-state index is 0.310. The standard InChI is InChI=1S/C17H27BO3/c1-12(2)10-13-11-14(8-9-15(13)19-7)18-20-16(3,4)17(5,6)21-18/h8-9,11-12H,10H2,1-7H3. The van der Waals surface area contributed by atoms with Gasteiger partial charge < -0.3 is 14.0 Å². The van der Waals surface area contributed by atoms with Crippen LogP contribution in [0.1, 0.15) is 47.1 Å².